The van der Waals surface area contributed by atoms with E-state index in [1.54, 1.807) is 13.3 Å². The molecule has 2 atom stereocenters. The molecule has 19 heavy (non-hydrogen) atoms. The van der Waals surface area contributed by atoms with Gasteiger partial charge in [0.2, 0.25) is 0 Å². The minimum Gasteiger partial charge on any atom is -0.495 e. The second-order valence-electron chi connectivity index (χ2n) is 5.85. The van der Waals surface area contributed by atoms with Crippen LogP contribution in [0.1, 0.15) is 25.7 Å². The Bertz CT molecular complexity index is 406. The number of hydrogen-bond acceptors (Lipinski definition) is 4. The van der Waals surface area contributed by atoms with E-state index in [1.165, 1.54) is 25.7 Å². The van der Waals surface area contributed by atoms with E-state index in [4.69, 9.17) is 4.74 Å². The highest BCUT2D eigenvalue weighted by atomic mass is 16.5. The summed E-state index contributed by atoms with van der Waals surface area (Å²) in [6, 6.07) is 5.57. The third-order valence-corrected chi connectivity index (χ3v) is 4.74. The fourth-order valence-corrected chi connectivity index (χ4v) is 3.55. The summed E-state index contributed by atoms with van der Waals surface area (Å²) in [7, 11) is 3.95. The number of anilines is 1. The Morgan fingerprint density at radius 2 is 2.05 bits per heavy atom. The van der Waals surface area contributed by atoms with Gasteiger partial charge < -0.3 is 15.0 Å². The molecule has 4 heteroatoms. The second kappa shape index (κ2) is 5.37. The molecule has 0 saturated carbocycles. The van der Waals surface area contributed by atoms with Crippen molar-refractivity contribution >= 4 is 5.82 Å². The Labute approximate surface area is 115 Å². The molecule has 2 aliphatic rings. The molecule has 1 aromatic rings. The molecule has 2 unspecified atom stereocenters. The first kappa shape index (κ1) is 12.7. The fourth-order valence-electron chi connectivity index (χ4n) is 3.55. The van der Waals surface area contributed by atoms with Crippen molar-refractivity contribution in [3.05, 3.63) is 18.3 Å². The maximum Gasteiger partial charge on any atom is 0.137 e. The maximum atomic E-state index is 5.12. The van der Waals surface area contributed by atoms with Gasteiger partial charge in [0.1, 0.15) is 11.6 Å². The number of ether oxygens (including phenoxy) is 1. The highest BCUT2D eigenvalue weighted by Gasteiger charge is 2.38. The number of aromatic nitrogens is 1. The van der Waals surface area contributed by atoms with Gasteiger partial charge in [-0.25, -0.2) is 4.98 Å². The summed E-state index contributed by atoms with van der Waals surface area (Å²) in [6.07, 6.45) is 7.20. The first-order valence-electron chi connectivity index (χ1n) is 7.22. The second-order valence-corrected chi connectivity index (χ2v) is 5.85. The smallest absolute Gasteiger partial charge is 0.137 e. The Hall–Kier alpha value is -1.29. The molecule has 1 N–H and O–H groups in total. The molecule has 3 rings (SSSR count). The van der Waals surface area contributed by atoms with Crippen molar-refractivity contribution < 1.29 is 4.74 Å². The molecule has 2 aliphatic heterocycles. The first-order valence-corrected chi connectivity index (χ1v) is 7.22. The van der Waals surface area contributed by atoms with E-state index < -0.39 is 0 Å². The number of rotatable bonds is 4. The molecule has 4 nitrogen and oxygen atoms in total. The van der Waals surface area contributed by atoms with Gasteiger partial charge >= 0.3 is 0 Å². The van der Waals surface area contributed by atoms with Crippen molar-refractivity contribution in [3.8, 4) is 5.75 Å². The van der Waals surface area contributed by atoms with Gasteiger partial charge in [-0.05, 0) is 50.8 Å². The zero-order chi connectivity index (χ0) is 13.2. The van der Waals surface area contributed by atoms with Gasteiger partial charge in [0.15, 0.2) is 0 Å². The molecule has 0 aliphatic carbocycles. The molecule has 2 fully saturated rings. The number of hydrogen-bond donors (Lipinski definition) is 1. The summed E-state index contributed by atoms with van der Waals surface area (Å²) in [4.78, 5) is 6.94. The minimum atomic E-state index is 0.789. The average Bonchev–Trinajstić information content (AvgIpc) is 2.68. The van der Waals surface area contributed by atoms with Crippen molar-refractivity contribution in [1.82, 2.24) is 9.88 Å². The normalized spacial score (nSPS) is 30.3. The van der Waals surface area contributed by atoms with Crippen LogP contribution in [0.4, 0.5) is 5.82 Å². The van der Waals surface area contributed by atoms with Crippen LogP contribution in [0.25, 0.3) is 0 Å². The molecule has 1 aromatic heterocycles. The molecular weight excluding hydrogens is 238 g/mol. The van der Waals surface area contributed by atoms with E-state index in [9.17, 15) is 0 Å². The predicted molar refractivity (Wildman–Crippen MR) is 76.6 cm³/mol. The van der Waals surface area contributed by atoms with Gasteiger partial charge in [0.25, 0.3) is 0 Å². The molecule has 0 aromatic carbocycles. The summed E-state index contributed by atoms with van der Waals surface area (Å²) in [5.41, 5.74) is 0. The SMILES string of the molecule is COc1ccc(NCC2CC3CCC(C2)N3C)nc1. The molecule has 3 heterocycles. The molecule has 104 valence electrons. The van der Waals surface area contributed by atoms with Crippen LogP contribution in [0.5, 0.6) is 5.75 Å². The van der Waals surface area contributed by atoms with E-state index in [0.29, 0.717) is 0 Å². The highest BCUT2D eigenvalue weighted by molar-refractivity contribution is 5.37. The molecule has 0 spiro atoms. The third-order valence-electron chi connectivity index (χ3n) is 4.74. The molecule has 0 radical (unpaired) electrons. The summed E-state index contributed by atoms with van der Waals surface area (Å²) in [6.45, 7) is 1.04. The Morgan fingerprint density at radius 1 is 1.32 bits per heavy atom. The third kappa shape index (κ3) is 2.68. The van der Waals surface area contributed by atoms with Crippen molar-refractivity contribution in [2.24, 2.45) is 5.92 Å². The van der Waals surface area contributed by atoms with Crippen molar-refractivity contribution in [2.45, 2.75) is 37.8 Å². The lowest BCUT2D eigenvalue weighted by molar-refractivity contribution is 0.139. The van der Waals surface area contributed by atoms with E-state index in [2.05, 4.69) is 22.2 Å². The minimum absolute atomic E-state index is 0.789. The van der Waals surface area contributed by atoms with Crippen LogP contribution in [0.15, 0.2) is 18.3 Å². The monoisotopic (exact) mass is 261 g/mol. The number of nitrogens with one attached hydrogen (secondary N) is 1. The Balaban J connectivity index is 1.52. The largest absolute Gasteiger partial charge is 0.495 e. The Morgan fingerprint density at radius 3 is 2.63 bits per heavy atom. The summed E-state index contributed by atoms with van der Waals surface area (Å²) >= 11 is 0. The van der Waals surface area contributed by atoms with Crippen molar-refractivity contribution in [2.75, 3.05) is 26.0 Å². The number of piperidine rings is 1. The van der Waals surface area contributed by atoms with Crippen LogP contribution < -0.4 is 10.1 Å². The van der Waals surface area contributed by atoms with Crippen molar-refractivity contribution in [1.29, 1.82) is 0 Å². The standard InChI is InChI=1S/C15H23N3O/c1-18-12-3-4-13(18)8-11(7-12)9-16-15-6-5-14(19-2)10-17-15/h5-6,10-13H,3-4,7-9H2,1-2H3,(H,16,17). The number of nitrogens with zero attached hydrogens (tertiary/aromatic N) is 2. The van der Waals surface area contributed by atoms with Crippen LogP contribution in [-0.4, -0.2) is 42.7 Å². The van der Waals surface area contributed by atoms with Crippen LogP contribution in [0.2, 0.25) is 0 Å². The highest BCUT2D eigenvalue weighted by Crippen LogP contribution is 2.37. The number of fused-ring (bicyclic) bond motifs is 2. The van der Waals surface area contributed by atoms with Gasteiger partial charge in [0.05, 0.1) is 13.3 Å². The fraction of sp³-hybridized carbons (Fsp3) is 0.667. The molecule has 0 amide bonds. The van der Waals surface area contributed by atoms with E-state index >= 15 is 0 Å². The van der Waals surface area contributed by atoms with E-state index in [1.807, 2.05) is 12.1 Å². The van der Waals surface area contributed by atoms with Crippen LogP contribution in [0.3, 0.4) is 0 Å². The van der Waals surface area contributed by atoms with Crippen LogP contribution >= 0.6 is 0 Å². The predicted octanol–water partition coefficient (Wildman–Crippen LogP) is 2.37. The van der Waals surface area contributed by atoms with Gasteiger partial charge in [-0.3, -0.25) is 0 Å². The summed E-state index contributed by atoms with van der Waals surface area (Å²) in [5, 5.41) is 3.46. The van der Waals surface area contributed by atoms with Gasteiger partial charge in [-0.2, -0.15) is 0 Å². The average molecular weight is 261 g/mol. The van der Waals surface area contributed by atoms with Gasteiger partial charge in [-0.1, -0.05) is 0 Å². The number of pyridine rings is 1. The lowest BCUT2D eigenvalue weighted by Gasteiger charge is -2.36. The first-order chi connectivity index (χ1) is 9.26. The zero-order valence-electron chi connectivity index (χ0n) is 11.8. The van der Waals surface area contributed by atoms with E-state index in [0.717, 1.165) is 36.1 Å². The van der Waals surface area contributed by atoms with E-state index in [-0.39, 0.29) is 0 Å². The summed E-state index contributed by atoms with van der Waals surface area (Å²) in [5.74, 6) is 2.55. The maximum absolute atomic E-state index is 5.12. The lowest BCUT2D eigenvalue weighted by Crippen LogP contribution is -2.41. The Kier molecular flexibility index (Phi) is 3.60. The summed E-state index contributed by atoms with van der Waals surface area (Å²) < 4.78 is 5.12. The van der Waals surface area contributed by atoms with Crippen molar-refractivity contribution in [3.63, 3.8) is 0 Å². The van der Waals surface area contributed by atoms with Crippen LogP contribution in [0, 0.1) is 5.92 Å². The zero-order valence-corrected chi connectivity index (χ0v) is 11.8. The molecule has 2 bridgehead atoms. The molecule has 2 saturated heterocycles. The van der Waals surface area contributed by atoms with Crippen LogP contribution in [-0.2, 0) is 0 Å². The quantitative estimate of drug-likeness (QED) is 0.903. The molecular formula is C15H23N3O. The lowest BCUT2D eigenvalue weighted by atomic mass is 9.91. The van der Waals surface area contributed by atoms with Gasteiger partial charge in [0, 0.05) is 18.6 Å². The number of methoxy groups -OCH3 is 1. The topological polar surface area (TPSA) is 37.4 Å². The van der Waals surface area contributed by atoms with Gasteiger partial charge in [-0.15, -0.1) is 0 Å².